The van der Waals surface area contributed by atoms with Crippen LogP contribution in [0, 0.1) is 48.7 Å². The Morgan fingerprint density at radius 1 is 0.234 bits per heavy atom. The molecule has 4 nitrogen and oxygen atoms in total. The number of benzene rings is 13. The van der Waals surface area contributed by atoms with Gasteiger partial charge in [-0.1, -0.05) is 345 Å². The fourth-order valence-electron chi connectivity index (χ4n) is 21.0. The van der Waals surface area contributed by atoms with Crippen molar-refractivity contribution in [1.82, 2.24) is 9.13 Å². The van der Waals surface area contributed by atoms with Crippen LogP contribution < -0.4 is 26.2 Å². The highest BCUT2D eigenvalue weighted by atomic mass is 15.2. The number of nitrogens with zero attached hydrogens (tertiary/aromatic N) is 4. The molecular formula is C123H141BN4. The van der Waals surface area contributed by atoms with Gasteiger partial charge in [0.1, 0.15) is 0 Å². The molecule has 0 spiro atoms. The molecule has 0 atom stereocenters. The third-order valence-corrected chi connectivity index (χ3v) is 24.9. The minimum Gasteiger partial charge on any atom is -0.310 e. The lowest BCUT2D eigenvalue weighted by atomic mass is 9.33. The van der Waals surface area contributed by atoms with Crippen LogP contribution in [-0.2, 0) is 57.8 Å². The monoisotopic (exact) mass is 1690 g/mol. The van der Waals surface area contributed by atoms with E-state index in [0.717, 1.165) is 196 Å². The maximum absolute atomic E-state index is 10.3. The van der Waals surface area contributed by atoms with Gasteiger partial charge < -0.3 is 18.9 Å². The van der Waals surface area contributed by atoms with Gasteiger partial charge in [0.05, 0.1) is 44.4 Å². The van der Waals surface area contributed by atoms with Crippen molar-refractivity contribution in [2.24, 2.45) is 48.7 Å². The molecule has 0 unspecified atom stereocenters. The van der Waals surface area contributed by atoms with Gasteiger partial charge >= 0.3 is 0 Å². The van der Waals surface area contributed by atoms with Crippen LogP contribution in [0.3, 0.4) is 0 Å². The van der Waals surface area contributed by atoms with Gasteiger partial charge in [0, 0.05) is 77.9 Å². The Labute approximate surface area is 780 Å². The topological polar surface area (TPSA) is 16.3 Å². The minimum absolute atomic E-state index is 0.0468. The van der Waals surface area contributed by atoms with E-state index in [0.29, 0.717) is 28.2 Å². The molecule has 15 aromatic rings. The molecular weight excluding hydrogens is 1540 g/mol. The van der Waals surface area contributed by atoms with Crippen LogP contribution in [0.15, 0.2) is 255 Å². The van der Waals surface area contributed by atoms with Crippen molar-refractivity contribution in [3.8, 4) is 55.9 Å². The van der Waals surface area contributed by atoms with E-state index in [1.807, 2.05) is 0 Å². The van der Waals surface area contributed by atoms with Gasteiger partial charge in [0.15, 0.2) is 0 Å². The van der Waals surface area contributed by atoms with Crippen molar-refractivity contribution in [1.29, 1.82) is 0 Å². The SMILES string of the molecule is [2H]c1c([2H])c([2H])c2c(c1[2H])c1cc(CC(C)(C)C)ccc1n2-c1ccc2c(c1)N(c1c(-c3cccc(CC(C)(C)C)c3)cc(CC(C)(C)C)cc1-c1cccc(CC(C)(C)C)c1)c1cc(CC(C)(C)C)cc3c1B2c1ccc(-n2c4ccc(CC(C)(C)C)cc4c4c([2H])c([2H])c([2H])c([2H])c42)cc1N3c1c(-c2cccc(CC(C)(C)C)c2)cc(CC(C)(C)C)cc1-c1cccc(CC(C)(C)C)c1. The predicted octanol–water partition coefficient (Wildman–Crippen LogP) is 32.9. The average molecular weight is 1690 g/mol. The van der Waals surface area contributed by atoms with Crippen molar-refractivity contribution in [3.05, 3.63) is 305 Å². The number of anilines is 6. The number of aromatic nitrogens is 2. The summed E-state index contributed by atoms with van der Waals surface area (Å²) in [6.07, 6.45) is 7.12. The molecule has 17 rings (SSSR count). The molecule has 0 radical (unpaired) electrons. The normalized spacial score (nSPS) is 14.5. The molecule has 4 heterocycles. The van der Waals surface area contributed by atoms with Gasteiger partial charge in [-0.3, -0.25) is 0 Å². The Morgan fingerprint density at radius 3 is 0.789 bits per heavy atom. The maximum atomic E-state index is 10.3. The van der Waals surface area contributed by atoms with Gasteiger partial charge in [0.25, 0.3) is 6.71 Å². The van der Waals surface area contributed by atoms with Gasteiger partial charge in [-0.05, 0) is 292 Å². The first-order chi connectivity index (χ1) is 63.3. The largest absolute Gasteiger partial charge is 0.310 e. The lowest BCUT2D eigenvalue weighted by molar-refractivity contribution is 0.410. The van der Waals surface area contributed by atoms with Crippen molar-refractivity contribution in [3.63, 3.8) is 0 Å². The summed E-state index contributed by atoms with van der Waals surface area (Å²) in [5.41, 5.74) is 31.3. The molecule has 0 saturated heterocycles. The first-order valence-electron chi connectivity index (χ1n) is 51.1. The lowest BCUT2D eigenvalue weighted by Crippen LogP contribution is -2.61. The molecule has 5 heteroatoms. The quantitative estimate of drug-likeness (QED) is 0.0845. The molecule has 128 heavy (non-hydrogen) atoms. The summed E-state index contributed by atoms with van der Waals surface area (Å²) in [5, 5.41) is 2.48. The van der Waals surface area contributed by atoms with E-state index in [-0.39, 0.29) is 97.1 Å². The summed E-state index contributed by atoms with van der Waals surface area (Å²) >= 11 is 0. The van der Waals surface area contributed by atoms with Crippen LogP contribution in [0.4, 0.5) is 34.1 Å². The molecule has 2 aromatic heterocycles. The van der Waals surface area contributed by atoms with Crippen LogP contribution in [0.5, 0.6) is 0 Å². The predicted molar refractivity (Wildman–Crippen MR) is 559 cm³/mol. The summed E-state index contributed by atoms with van der Waals surface area (Å²) < 4.78 is 83.2. The molecule has 656 valence electrons. The fraction of sp³-hybridized carbons (Fsp3) is 0.366. The van der Waals surface area contributed by atoms with Crippen molar-refractivity contribution >= 4 is 101 Å². The second kappa shape index (κ2) is 32.6. The van der Waals surface area contributed by atoms with Crippen LogP contribution in [0.1, 0.15) is 248 Å². The Balaban J connectivity index is 1.12. The molecule has 2 aliphatic rings. The van der Waals surface area contributed by atoms with Crippen molar-refractivity contribution in [2.75, 3.05) is 9.80 Å². The van der Waals surface area contributed by atoms with Crippen LogP contribution in [0.2, 0.25) is 0 Å². The summed E-state index contributed by atoms with van der Waals surface area (Å²) in [4.78, 5) is 5.33. The second-order valence-corrected chi connectivity index (χ2v) is 49.0. The maximum Gasteiger partial charge on any atom is 0.252 e. The Hall–Kier alpha value is -10.9. The number of hydrogen-bond donors (Lipinski definition) is 0. The summed E-state index contributed by atoms with van der Waals surface area (Å²) in [6, 6.07) is 78.0. The van der Waals surface area contributed by atoms with Crippen molar-refractivity contribution < 1.29 is 11.0 Å². The van der Waals surface area contributed by atoms with Gasteiger partial charge in [0.2, 0.25) is 0 Å². The third-order valence-electron chi connectivity index (χ3n) is 24.9. The molecule has 13 aromatic carbocycles. The first kappa shape index (κ1) is 79.3. The minimum atomic E-state index is -0.533. The Morgan fingerprint density at radius 2 is 0.500 bits per heavy atom. The van der Waals surface area contributed by atoms with Gasteiger partial charge in [-0.2, -0.15) is 0 Å². The number of hydrogen-bond acceptors (Lipinski definition) is 2. The molecule has 2 aliphatic heterocycles. The number of fused-ring (bicyclic) bond motifs is 10. The van der Waals surface area contributed by atoms with Crippen LogP contribution in [-0.4, -0.2) is 15.8 Å². The number of rotatable bonds is 17. The molecule has 0 aliphatic carbocycles. The highest BCUT2D eigenvalue weighted by molar-refractivity contribution is 7.00. The Bertz CT molecular complexity index is 6730. The first-order valence-corrected chi connectivity index (χ1v) is 47.1. The zero-order valence-corrected chi connectivity index (χ0v) is 81.9. The van der Waals surface area contributed by atoms with Gasteiger partial charge in [-0.15, -0.1) is 0 Å². The zero-order chi connectivity index (χ0) is 98.2. The Kier molecular flexibility index (Phi) is 20.2. The zero-order valence-electron chi connectivity index (χ0n) is 89.9. The molecule has 0 saturated carbocycles. The lowest BCUT2D eigenvalue weighted by Gasteiger charge is -2.46. The highest BCUT2D eigenvalue weighted by Crippen LogP contribution is 2.56. The second-order valence-electron chi connectivity index (χ2n) is 49.0. The fourth-order valence-corrected chi connectivity index (χ4v) is 21.0. The smallest absolute Gasteiger partial charge is 0.252 e. The summed E-state index contributed by atoms with van der Waals surface area (Å²) in [6.45, 7) is 62.1. The van der Waals surface area contributed by atoms with E-state index in [2.05, 4.69) is 412 Å². The molecule has 0 amide bonds. The standard InChI is InChI=1S/C123H141BN4/c1-115(2,3)70-79-36-32-40-88(56-79)96-62-85(76-121(19,20)21)63-97(89-41-33-37-80(57-89)71-116(4,5)6)113(96)127-108-68-92(125-104-46-30-28-44-94(104)100-60-83(48-54-106(100)125)74-119(13,14)15)50-52-102(108)124-103-53-51-93(126-105-47-31-29-45-95(105)101-61-84(49-55-107(101)126)75-120(16,17)18)69-109(103)128(111-67-87(78-123(25,26)27)66-110(127)112(111)124)114-98(90-42-34-38-81(58-90)72-117(7,8)9)64-86(77-122(22,23)24)65-99(114)91-43-35-39-82(59-91)73-118(10,11)12/h28-69H,70-78H2,1-27H3/i28D,29D,30D,31D,44D,45D,46D,47D. The van der Waals surface area contributed by atoms with E-state index in [9.17, 15) is 11.0 Å². The summed E-state index contributed by atoms with van der Waals surface area (Å²) in [7, 11) is 0. The van der Waals surface area contributed by atoms with E-state index < -0.39 is 6.71 Å². The molecule has 0 N–H and O–H groups in total. The van der Waals surface area contributed by atoms with E-state index in [1.54, 1.807) is 0 Å². The average Bonchev–Trinajstić information content (AvgIpc) is 1.31. The van der Waals surface area contributed by atoms with Crippen molar-refractivity contribution in [2.45, 2.75) is 245 Å². The van der Waals surface area contributed by atoms with Gasteiger partial charge in [-0.25, -0.2) is 0 Å². The van der Waals surface area contributed by atoms with E-state index in [4.69, 9.17) is 0 Å². The molecule has 0 fully saturated rings. The highest BCUT2D eigenvalue weighted by Gasteiger charge is 2.47. The summed E-state index contributed by atoms with van der Waals surface area (Å²) in [5.74, 6) is 0. The third kappa shape index (κ3) is 19.1. The van der Waals surface area contributed by atoms with Crippen LogP contribution in [0.25, 0.3) is 99.5 Å². The molecule has 0 bridgehead atoms. The van der Waals surface area contributed by atoms with Crippen LogP contribution >= 0.6 is 0 Å². The van der Waals surface area contributed by atoms with E-state index >= 15 is 0 Å². The number of para-hydroxylation sites is 2. The van der Waals surface area contributed by atoms with E-state index in [1.165, 1.54) is 33.4 Å².